The Kier molecular flexibility index (Phi) is 3.98. The van der Waals surface area contributed by atoms with Crippen LogP contribution in [0, 0.1) is 0 Å². The molecule has 0 unspecified atom stereocenters. The third kappa shape index (κ3) is 2.75. The number of carboxylic acids is 1. The van der Waals surface area contributed by atoms with E-state index in [-0.39, 0.29) is 10.8 Å². The van der Waals surface area contributed by atoms with E-state index in [4.69, 9.17) is 16.7 Å². The van der Waals surface area contributed by atoms with Crippen molar-refractivity contribution < 1.29 is 9.90 Å². The number of nitrogens with zero attached hydrogens (tertiary/aromatic N) is 1. The SMILES string of the molecule is O=C(O)c1nc(Cl)ccc1C=CCS. The average molecular weight is 230 g/mol. The summed E-state index contributed by atoms with van der Waals surface area (Å²) in [6, 6.07) is 3.16. The summed E-state index contributed by atoms with van der Waals surface area (Å²) in [4.78, 5) is 14.5. The molecular formula is C9H8ClNO2S. The Hall–Kier alpha value is -1.00. The van der Waals surface area contributed by atoms with Gasteiger partial charge in [-0.05, 0) is 12.1 Å². The van der Waals surface area contributed by atoms with Crippen LogP contribution in [0.4, 0.5) is 0 Å². The summed E-state index contributed by atoms with van der Waals surface area (Å²) in [7, 11) is 0. The number of halogens is 1. The van der Waals surface area contributed by atoms with Gasteiger partial charge in [-0.25, -0.2) is 9.78 Å². The minimum atomic E-state index is -1.09. The van der Waals surface area contributed by atoms with Crippen LogP contribution in [-0.2, 0) is 0 Å². The van der Waals surface area contributed by atoms with Crippen LogP contribution >= 0.6 is 24.2 Å². The number of pyridine rings is 1. The van der Waals surface area contributed by atoms with Crippen LogP contribution in [0.5, 0.6) is 0 Å². The van der Waals surface area contributed by atoms with Gasteiger partial charge in [-0.2, -0.15) is 12.6 Å². The van der Waals surface area contributed by atoms with E-state index in [1.165, 1.54) is 0 Å². The molecule has 0 aromatic carbocycles. The zero-order valence-electron chi connectivity index (χ0n) is 7.14. The van der Waals surface area contributed by atoms with Gasteiger partial charge in [0.25, 0.3) is 0 Å². The van der Waals surface area contributed by atoms with Gasteiger partial charge in [0.15, 0.2) is 5.69 Å². The standard InChI is InChI=1S/C9H8ClNO2S/c10-7-4-3-6(2-1-5-14)8(11-7)9(12)13/h1-4,14H,5H2,(H,12,13). The zero-order chi connectivity index (χ0) is 10.6. The van der Waals surface area contributed by atoms with Crippen LogP contribution in [0.25, 0.3) is 6.08 Å². The van der Waals surface area contributed by atoms with Gasteiger partial charge in [0.05, 0.1) is 0 Å². The van der Waals surface area contributed by atoms with E-state index in [1.54, 1.807) is 24.3 Å². The monoisotopic (exact) mass is 229 g/mol. The van der Waals surface area contributed by atoms with E-state index in [9.17, 15) is 4.79 Å². The Bertz CT molecular complexity index is 379. The maximum Gasteiger partial charge on any atom is 0.355 e. The van der Waals surface area contributed by atoms with Gasteiger partial charge in [-0.15, -0.1) is 0 Å². The number of rotatable bonds is 3. The lowest BCUT2D eigenvalue weighted by Crippen LogP contribution is -2.03. The van der Waals surface area contributed by atoms with E-state index in [0.717, 1.165) is 0 Å². The molecule has 14 heavy (non-hydrogen) atoms. The van der Waals surface area contributed by atoms with Crippen molar-refractivity contribution >= 4 is 36.3 Å². The van der Waals surface area contributed by atoms with E-state index >= 15 is 0 Å². The van der Waals surface area contributed by atoms with Gasteiger partial charge in [0.1, 0.15) is 5.15 Å². The van der Waals surface area contributed by atoms with Crippen molar-refractivity contribution in [2.75, 3.05) is 5.75 Å². The van der Waals surface area contributed by atoms with Crippen LogP contribution < -0.4 is 0 Å². The highest BCUT2D eigenvalue weighted by atomic mass is 35.5. The van der Waals surface area contributed by atoms with Crippen molar-refractivity contribution in [2.45, 2.75) is 0 Å². The highest BCUT2D eigenvalue weighted by Crippen LogP contribution is 2.13. The summed E-state index contributed by atoms with van der Waals surface area (Å²) >= 11 is 9.56. The molecule has 0 fully saturated rings. The van der Waals surface area contributed by atoms with E-state index in [0.29, 0.717) is 11.3 Å². The van der Waals surface area contributed by atoms with Crippen molar-refractivity contribution in [3.63, 3.8) is 0 Å². The molecule has 0 radical (unpaired) electrons. The molecule has 1 aromatic heterocycles. The molecule has 5 heteroatoms. The van der Waals surface area contributed by atoms with Crippen molar-refractivity contribution in [1.29, 1.82) is 0 Å². The number of aromatic nitrogens is 1. The largest absolute Gasteiger partial charge is 0.476 e. The van der Waals surface area contributed by atoms with Crippen LogP contribution in [0.2, 0.25) is 5.15 Å². The second kappa shape index (κ2) is 5.02. The van der Waals surface area contributed by atoms with Crippen LogP contribution in [-0.4, -0.2) is 21.8 Å². The Morgan fingerprint density at radius 1 is 1.64 bits per heavy atom. The molecule has 0 spiro atoms. The number of carbonyl (C=O) groups is 1. The Morgan fingerprint density at radius 3 is 2.93 bits per heavy atom. The van der Waals surface area contributed by atoms with Gasteiger partial charge in [0.2, 0.25) is 0 Å². The van der Waals surface area contributed by atoms with Gasteiger partial charge in [-0.3, -0.25) is 0 Å². The zero-order valence-corrected chi connectivity index (χ0v) is 8.79. The molecule has 0 aliphatic rings. The molecule has 74 valence electrons. The highest BCUT2D eigenvalue weighted by molar-refractivity contribution is 7.80. The maximum atomic E-state index is 10.8. The first-order valence-corrected chi connectivity index (χ1v) is 4.83. The smallest absolute Gasteiger partial charge is 0.355 e. The van der Waals surface area contributed by atoms with Crippen molar-refractivity contribution in [3.8, 4) is 0 Å². The van der Waals surface area contributed by atoms with Crippen molar-refractivity contribution in [3.05, 3.63) is 34.6 Å². The lowest BCUT2D eigenvalue weighted by molar-refractivity contribution is 0.0690. The molecule has 0 aliphatic carbocycles. The second-order valence-corrected chi connectivity index (χ2v) is 3.21. The third-order valence-electron chi connectivity index (χ3n) is 1.50. The lowest BCUT2D eigenvalue weighted by atomic mass is 10.2. The van der Waals surface area contributed by atoms with E-state index < -0.39 is 5.97 Å². The Labute approximate surface area is 91.8 Å². The molecule has 0 bridgehead atoms. The molecule has 1 rings (SSSR count). The van der Waals surface area contributed by atoms with E-state index in [1.807, 2.05) is 0 Å². The first kappa shape index (κ1) is 11.1. The Morgan fingerprint density at radius 2 is 2.36 bits per heavy atom. The molecule has 0 saturated heterocycles. The topological polar surface area (TPSA) is 50.2 Å². The van der Waals surface area contributed by atoms with E-state index in [2.05, 4.69) is 17.6 Å². The molecule has 0 amide bonds. The summed E-state index contributed by atoms with van der Waals surface area (Å²) in [6.07, 6.45) is 3.39. The minimum absolute atomic E-state index is 0.0458. The molecule has 1 aromatic rings. The number of carboxylic acid groups (broad SMARTS) is 1. The third-order valence-corrected chi connectivity index (χ3v) is 1.92. The first-order chi connectivity index (χ1) is 6.65. The first-order valence-electron chi connectivity index (χ1n) is 3.82. The Balaban J connectivity index is 3.15. The molecule has 3 nitrogen and oxygen atoms in total. The maximum absolute atomic E-state index is 10.8. The summed E-state index contributed by atoms with van der Waals surface area (Å²) in [6.45, 7) is 0. The average Bonchev–Trinajstić information content (AvgIpc) is 2.15. The molecule has 1 heterocycles. The van der Waals surface area contributed by atoms with Crippen LogP contribution in [0.3, 0.4) is 0 Å². The quantitative estimate of drug-likeness (QED) is 0.618. The highest BCUT2D eigenvalue weighted by Gasteiger charge is 2.09. The minimum Gasteiger partial charge on any atom is -0.476 e. The summed E-state index contributed by atoms with van der Waals surface area (Å²) in [5.41, 5.74) is 0.478. The van der Waals surface area contributed by atoms with Gasteiger partial charge in [0, 0.05) is 11.3 Å². The van der Waals surface area contributed by atoms with Gasteiger partial charge < -0.3 is 5.11 Å². The molecule has 1 N–H and O–H groups in total. The van der Waals surface area contributed by atoms with Crippen LogP contribution in [0.1, 0.15) is 16.1 Å². The molecule has 0 saturated carbocycles. The van der Waals surface area contributed by atoms with Crippen molar-refractivity contribution in [2.24, 2.45) is 0 Å². The predicted octanol–water partition coefficient (Wildman–Crippen LogP) is 2.38. The van der Waals surface area contributed by atoms with Gasteiger partial charge >= 0.3 is 5.97 Å². The summed E-state index contributed by atoms with van der Waals surface area (Å²) < 4.78 is 0. The van der Waals surface area contributed by atoms with Crippen LogP contribution in [0.15, 0.2) is 18.2 Å². The number of aromatic carboxylic acids is 1. The lowest BCUT2D eigenvalue weighted by Gasteiger charge is -1.99. The normalized spacial score (nSPS) is 10.7. The number of hydrogen-bond donors (Lipinski definition) is 2. The second-order valence-electron chi connectivity index (χ2n) is 2.46. The van der Waals surface area contributed by atoms with Crippen molar-refractivity contribution in [1.82, 2.24) is 4.98 Å². The predicted molar refractivity (Wildman–Crippen MR) is 59.1 cm³/mol. The number of hydrogen-bond acceptors (Lipinski definition) is 3. The summed E-state index contributed by atoms with van der Waals surface area (Å²) in [5, 5.41) is 8.99. The molecule has 0 atom stereocenters. The fourth-order valence-electron chi connectivity index (χ4n) is 0.932. The van der Waals surface area contributed by atoms with Gasteiger partial charge in [-0.1, -0.05) is 23.8 Å². The molecular weight excluding hydrogens is 222 g/mol. The number of thiol groups is 1. The fourth-order valence-corrected chi connectivity index (χ4v) is 1.18. The fraction of sp³-hybridized carbons (Fsp3) is 0.111. The summed E-state index contributed by atoms with van der Waals surface area (Å²) in [5.74, 6) is -0.548. The molecule has 0 aliphatic heterocycles.